The number of thioether (sulfide) groups is 1. The van der Waals surface area contributed by atoms with Crippen molar-refractivity contribution >= 4 is 34.1 Å². The summed E-state index contributed by atoms with van der Waals surface area (Å²) in [5, 5.41) is 19.0. The van der Waals surface area contributed by atoms with Gasteiger partial charge >= 0.3 is 0 Å². The Kier molecular flexibility index (Phi) is 6.75. The first-order valence-electron chi connectivity index (χ1n) is 10.7. The van der Waals surface area contributed by atoms with E-state index in [9.17, 15) is 4.79 Å². The molecule has 1 N–H and O–H groups in total. The molecule has 0 saturated heterocycles. The highest BCUT2D eigenvalue weighted by Crippen LogP contribution is 2.30. The van der Waals surface area contributed by atoms with E-state index in [-0.39, 0.29) is 11.7 Å². The van der Waals surface area contributed by atoms with Gasteiger partial charge in [-0.1, -0.05) is 48.2 Å². The van der Waals surface area contributed by atoms with E-state index in [1.807, 2.05) is 78.7 Å². The van der Waals surface area contributed by atoms with Crippen molar-refractivity contribution in [2.45, 2.75) is 39.0 Å². The number of hydrogen-bond acceptors (Lipinski definition) is 6. The molecule has 0 spiro atoms. The van der Waals surface area contributed by atoms with Crippen LogP contribution in [0.5, 0.6) is 5.88 Å². The number of ether oxygens (including phenoxy) is 1. The molecule has 0 aliphatic rings. The third-order valence-corrected chi connectivity index (χ3v) is 5.97. The Morgan fingerprint density at radius 2 is 1.88 bits per heavy atom. The fourth-order valence-corrected chi connectivity index (χ4v) is 4.30. The molecule has 32 heavy (non-hydrogen) atoms. The zero-order valence-corrected chi connectivity index (χ0v) is 19.2. The van der Waals surface area contributed by atoms with Gasteiger partial charge in [0.15, 0.2) is 11.0 Å². The maximum Gasteiger partial charge on any atom is 0.243 e. The molecule has 0 unspecified atom stereocenters. The highest BCUT2D eigenvalue weighted by Gasteiger charge is 2.21. The molecule has 0 atom stereocenters. The molecule has 1 amide bonds. The van der Waals surface area contributed by atoms with Crippen molar-refractivity contribution < 1.29 is 9.53 Å². The van der Waals surface area contributed by atoms with E-state index in [1.165, 1.54) is 11.8 Å². The molecule has 0 radical (unpaired) electrons. The van der Waals surface area contributed by atoms with Gasteiger partial charge in [-0.15, -0.1) is 15.3 Å². The first kappa shape index (κ1) is 21.9. The van der Waals surface area contributed by atoms with E-state index in [2.05, 4.69) is 20.6 Å². The third-order valence-electron chi connectivity index (χ3n) is 5.00. The molecule has 0 aliphatic heterocycles. The van der Waals surface area contributed by atoms with Crippen LogP contribution in [0.3, 0.4) is 0 Å². The lowest BCUT2D eigenvalue weighted by Gasteiger charge is -2.09. The average molecular weight is 451 g/mol. The van der Waals surface area contributed by atoms with Crippen molar-refractivity contribution in [2.24, 2.45) is 0 Å². The molecule has 9 heteroatoms. The first-order chi connectivity index (χ1) is 15.6. The van der Waals surface area contributed by atoms with Gasteiger partial charge in [0.25, 0.3) is 0 Å². The van der Waals surface area contributed by atoms with Crippen LogP contribution in [0.1, 0.15) is 20.8 Å². The topological polar surface area (TPSA) is 86.9 Å². The number of anilines is 1. The van der Waals surface area contributed by atoms with Crippen LogP contribution in [-0.4, -0.2) is 42.8 Å². The molecule has 8 nitrogen and oxygen atoms in total. The molecule has 166 valence electrons. The summed E-state index contributed by atoms with van der Waals surface area (Å²) in [6, 6.07) is 13.9. The number of nitrogens with one attached hydrogen (secondary N) is 1. The molecular formula is C23H26N6O2S. The predicted octanol–water partition coefficient (Wildman–Crippen LogP) is 4.46. The quantitative estimate of drug-likeness (QED) is 0.379. The summed E-state index contributed by atoms with van der Waals surface area (Å²) in [5.41, 5.74) is 1.61. The summed E-state index contributed by atoms with van der Waals surface area (Å²) in [6.45, 7) is 7.89. The number of benzene rings is 2. The normalized spacial score (nSPS) is 11.1. The van der Waals surface area contributed by atoms with Crippen LogP contribution < -0.4 is 10.1 Å². The Hall–Kier alpha value is -3.33. The molecule has 2 heterocycles. The molecule has 0 aliphatic carbocycles. The summed E-state index contributed by atoms with van der Waals surface area (Å²) in [4.78, 5) is 12.7. The molecule has 0 saturated carbocycles. The van der Waals surface area contributed by atoms with E-state index in [4.69, 9.17) is 4.74 Å². The highest BCUT2D eigenvalue weighted by atomic mass is 32.2. The largest absolute Gasteiger partial charge is 0.476 e. The Morgan fingerprint density at radius 3 is 2.66 bits per heavy atom. The van der Waals surface area contributed by atoms with Gasteiger partial charge in [-0.2, -0.15) is 0 Å². The van der Waals surface area contributed by atoms with E-state index in [1.54, 1.807) is 0 Å². The molecule has 2 aromatic heterocycles. The van der Waals surface area contributed by atoms with E-state index < -0.39 is 0 Å². The molecule has 0 bridgehead atoms. The van der Waals surface area contributed by atoms with Crippen molar-refractivity contribution in [1.29, 1.82) is 0 Å². The van der Waals surface area contributed by atoms with E-state index in [0.717, 1.165) is 28.6 Å². The zero-order valence-electron chi connectivity index (χ0n) is 18.4. The minimum Gasteiger partial charge on any atom is -0.476 e. The van der Waals surface area contributed by atoms with Gasteiger partial charge in [0.05, 0.1) is 12.4 Å². The Bertz CT molecular complexity index is 1230. The highest BCUT2D eigenvalue weighted by molar-refractivity contribution is 7.99. The van der Waals surface area contributed by atoms with Gasteiger partial charge in [-0.25, -0.2) is 0 Å². The van der Waals surface area contributed by atoms with Gasteiger partial charge in [0, 0.05) is 30.4 Å². The summed E-state index contributed by atoms with van der Waals surface area (Å²) < 4.78 is 9.50. The minimum atomic E-state index is -0.0904. The summed E-state index contributed by atoms with van der Waals surface area (Å²) in [5.74, 6) is 1.37. The van der Waals surface area contributed by atoms with Gasteiger partial charge in [-0.3, -0.25) is 9.48 Å². The molecule has 2 aromatic carbocycles. The summed E-state index contributed by atoms with van der Waals surface area (Å²) in [7, 11) is 0. The third kappa shape index (κ3) is 4.47. The van der Waals surface area contributed by atoms with Gasteiger partial charge in [0.2, 0.25) is 11.8 Å². The molecule has 4 aromatic rings. The number of hydrogen-bond donors (Lipinski definition) is 1. The van der Waals surface area contributed by atoms with Crippen LogP contribution in [0.4, 0.5) is 5.69 Å². The van der Waals surface area contributed by atoms with Gasteiger partial charge < -0.3 is 14.6 Å². The van der Waals surface area contributed by atoms with Crippen molar-refractivity contribution in [3.8, 4) is 17.3 Å². The standard InChI is InChI=1S/C23H26N6O2S/c1-4-28-14-18(22(27-28)31-6-3)21-25-26-23(29(21)5-2)32-15-20(30)24-19-13-9-11-16-10-7-8-12-17(16)19/h7-14H,4-6,15H2,1-3H3,(H,24,30). The van der Waals surface area contributed by atoms with Crippen LogP contribution in [-0.2, 0) is 17.9 Å². The van der Waals surface area contributed by atoms with E-state index >= 15 is 0 Å². The van der Waals surface area contributed by atoms with Gasteiger partial charge in [-0.05, 0) is 32.2 Å². The van der Waals surface area contributed by atoms with Gasteiger partial charge in [0.1, 0.15) is 5.56 Å². The second-order valence-electron chi connectivity index (χ2n) is 7.05. The average Bonchev–Trinajstić information content (AvgIpc) is 3.41. The van der Waals surface area contributed by atoms with E-state index in [0.29, 0.717) is 30.0 Å². The number of nitrogens with zero attached hydrogens (tertiary/aromatic N) is 5. The monoisotopic (exact) mass is 450 g/mol. The lowest BCUT2D eigenvalue weighted by Crippen LogP contribution is -2.15. The SMILES string of the molecule is CCOc1nn(CC)cc1-c1nnc(SCC(=O)Nc2cccc3ccccc23)n1CC. The Labute approximate surface area is 191 Å². The van der Waals surface area contributed by atoms with Crippen LogP contribution >= 0.6 is 11.8 Å². The lowest BCUT2D eigenvalue weighted by molar-refractivity contribution is -0.113. The molecular weight excluding hydrogens is 424 g/mol. The number of fused-ring (bicyclic) bond motifs is 1. The van der Waals surface area contributed by atoms with Crippen molar-refractivity contribution in [3.05, 3.63) is 48.7 Å². The van der Waals surface area contributed by atoms with Crippen molar-refractivity contribution in [3.63, 3.8) is 0 Å². The number of aryl methyl sites for hydroxylation is 1. The smallest absolute Gasteiger partial charge is 0.243 e. The minimum absolute atomic E-state index is 0.0904. The number of rotatable bonds is 9. The van der Waals surface area contributed by atoms with Crippen molar-refractivity contribution in [1.82, 2.24) is 24.5 Å². The summed E-state index contributed by atoms with van der Waals surface area (Å²) >= 11 is 1.36. The number of amides is 1. The second-order valence-corrected chi connectivity index (χ2v) is 7.99. The first-order valence-corrected chi connectivity index (χ1v) is 11.7. The Morgan fingerprint density at radius 1 is 1.06 bits per heavy atom. The van der Waals surface area contributed by atoms with Crippen LogP contribution in [0.25, 0.3) is 22.2 Å². The molecule has 4 rings (SSSR count). The Balaban J connectivity index is 1.50. The van der Waals surface area contributed by atoms with Crippen molar-refractivity contribution in [2.75, 3.05) is 17.7 Å². The number of carbonyl (C=O) groups is 1. The number of carbonyl (C=O) groups excluding carboxylic acids is 1. The fourth-order valence-electron chi connectivity index (χ4n) is 3.49. The summed E-state index contributed by atoms with van der Waals surface area (Å²) in [6.07, 6.45) is 1.92. The molecule has 0 fully saturated rings. The zero-order chi connectivity index (χ0) is 22.5. The fraction of sp³-hybridized carbons (Fsp3) is 0.304. The maximum absolute atomic E-state index is 12.7. The lowest BCUT2D eigenvalue weighted by atomic mass is 10.1. The number of aromatic nitrogens is 5. The second kappa shape index (κ2) is 9.86. The predicted molar refractivity (Wildman–Crippen MR) is 127 cm³/mol. The maximum atomic E-state index is 12.7. The van der Waals surface area contributed by atoms with Crippen LogP contribution in [0, 0.1) is 0 Å². The van der Waals surface area contributed by atoms with Crippen LogP contribution in [0.2, 0.25) is 0 Å². The van der Waals surface area contributed by atoms with Crippen LogP contribution in [0.15, 0.2) is 53.8 Å².